The molecule has 3 aromatic rings. The third-order valence-electron chi connectivity index (χ3n) is 2.95. The first-order chi connectivity index (χ1) is 9.83. The van der Waals surface area contributed by atoms with Crippen molar-refractivity contribution in [3.05, 3.63) is 70.3 Å². The van der Waals surface area contributed by atoms with E-state index in [0.717, 1.165) is 16.0 Å². The molecule has 2 heterocycles. The van der Waals surface area contributed by atoms with E-state index in [0.29, 0.717) is 6.54 Å². The third-order valence-corrected chi connectivity index (χ3v) is 4.29. The summed E-state index contributed by atoms with van der Waals surface area (Å²) in [6.45, 7) is 0.710. The average molecular weight is 345 g/mol. The molecule has 0 atom stereocenters. The number of benzene rings is 1. The zero-order valence-corrected chi connectivity index (χ0v) is 13.1. The zero-order valence-electron chi connectivity index (χ0n) is 10.7. The molecule has 0 aliphatic carbocycles. The van der Waals surface area contributed by atoms with Crippen molar-refractivity contribution in [2.75, 3.05) is 5.32 Å². The Morgan fingerprint density at radius 3 is 2.70 bits per heavy atom. The van der Waals surface area contributed by atoms with Gasteiger partial charge >= 0.3 is 0 Å². The molecule has 100 valence electrons. The van der Waals surface area contributed by atoms with Crippen LogP contribution in [0.5, 0.6) is 0 Å². The van der Waals surface area contributed by atoms with Crippen LogP contribution in [0.15, 0.2) is 64.6 Å². The number of anilines is 1. The van der Waals surface area contributed by atoms with Crippen molar-refractivity contribution in [2.45, 2.75) is 6.54 Å². The fraction of sp³-hybridized carbons (Fsp3) is 0.0625. The fourth-order valence-corrected chi connectivity index (χ4v) is 3.16. The largest absolute Gasteiger partial charge is 0.379 e. The highest BCUT2D eigenvalue weighted by Crippen LogP contribution is 2.31. The minimum absolute atomic E-state index is 0.710. The van der Waals surface area contributed by atoms with Gasteiger partial charge in [-0.15, -0.1) is 11.3 Å². The van der Waals surface area contributed by atoms with Gasteiger partial charge < -0.3 is 5.32 Å². The molecule has 0 aliphatic rings. The van der Waals surface area contributed by atoms with E-state index < -0.39 is 0 Å². The first-order valence-electron chi connectivity index (χ1n) is 6.31. The number of pyridine rings is 1. The van der Waals surface area contributed by atoms with E-state index in [1.54, 1.807) is 11.3 Å². The Balaban J connectivity index is 1.81. The van der Waals surface area contributed by atoms with Crippen LogP contribution in [0.4, 0.5) is 5.69 Å². The van der Waals surface area contributed by atoms with E-state index in [9.17, 15) is 0 Å². The summed E-state index contributed by atoms with van der Waals surface area (Å²) < 4.78 is 0.864. The quantitative estimate of drug-likeness (QED) is 0.659. The second kappa shape index (κ2) is 6.20. The maximum Gasteiger partial charge on any atom is 0.106 e. The van der Waals surface area contributed by atoms with Crippen LogP contribution in [0.2, 0.25) is 0 Å². The van der Waals surface area contributed by atoms with Gasteiger partial charge in [0.1, 0.15) is 4.60 Å². The molecule has 4 heteroatoms. The Hall–Kier alpha value is -1.65. The molecule has 0 aliphatic heterocycles. The highest BCUT2D eigenvalue weighted by molar-refractivity contribution is 9.10. The van der Waals surface area contributed by atoms with Crippen LogP contribution < -0.4 is 5.32 Å². The van der Waals surface area contributed by atoms with E-state index in [2.05, 4.69) is 61.9 Å². The van der Waals surface area contributed by atoms with Crippen molar-refractivity contribution in [1.29, 1.82) is 0 Å². The van der Waals surface area contributed by atoms with Crippen LogP contribution in [0, 0.1) is 0 Å². The smallest absolute Gasteiger partial charge is 0.106 e. The van der Waals surface area contributed by atoms with Crippen LogP contribution in [-0.4, -0.2) is 4.98 Å². The third kappa shape index (κ3) is 3.08. The maximum atomic E-state index is 4.44. The van der Waals surface area contributed by atoms with Gasteiger partial charge in [-0.25, -0.2) is 4.98 Å². The molecule has 20 heavy (non-hydrogen) atoms. The van der Waals surface area contributed by atoms with Crippen molar-refractivity contribution in [2.24, 2.45) is 0 Å². The summed E-state index contributed by atoms with van der Waals surface area (Å²) in [4.78, 5) is 5.71. The first kappa shape index (κ1) is 13.3. The van der Waals surface area contributed by atoms with E-state index >= 15 is 0 Å². The molecular formula is C16H13BrN2S. The Morgan fingerprint density at radius 1 is 1.00 bits per heavy atom. The lowest BCUT2D eigenvalue weighted by Crippen LogP contribution is -2.02. The van der Waals surface area contributed by atoms with E-state index in [1.165, 1.54) is 10.4 Å². The standard InChI is InChI=1S/C16H13BrN2S/c17-16-9-3-5-12(19-16)11-18-14-7-2-1-6-13(14)15-8-4-10-20-15/h1-10,18H,11H2. The number of nitrogens with zero attached hydrogens (tertiary/aromatic N) is 1. The minimum Gasteiger partial charge on any atom is -0.379 e. The summed E-state index contributed by atoms with van der Waals surface area (Å²) in [5.74, 6) is 0. The van der Waals surface area contributed by atoms with Gasteiger partial charge in [0.25, 0.3) is 0 Å². The van der Waals surface area contributed by atoms with Crippen molar-refractivity contribution >= 4 is 33.0 Å². The second-order valence-corrected chi connectivity index (χ2v) is 6.09. The molecule has 2 nitrogen and oxygen atoms in total. The summed E-state index contributed by atoms with van der Waals surface area (Å²) in [6, 6.07) is 18.5. The van der Waals surface area contributed by atoms with Crippen LogP contribution in [0.3, 0.4) is 0 Å². The molecule has 2 aromatic heterocycles. The van der Waals surface area contributed by atoms with Gasteiger partial charge in [0.2, 0.25) is 0 Å². The highest BCUT2D eigenvalue weighted by Gasteiger charge is 2.05. The van der Waals surface area contributed by atoms with E-state index in [4.69, 9.17) is 0 Å². The minimum atomic E-state index is 0.710. The zero-order chi connectivity index (χ0) is 13.8. The number of hydrogen-bond donors (Lipinski definition) is 1. The lowest BCUT2D eigenvalue weighted by Gasteiger charge is -2.10. The van der Waals surface area contributed by atoms with Gasteiger partial charge in [0, 0.05) is 16.1 Å². The fourth-order valence-electron chi connectivity index (χ4n) is 2.02. The average Bonchev–Trinajstić information content (AvgIpc) is 3.00. The first-order valence-corrected chi connectivity index (χ1v) is 7.98. The Morgan fingerprint density at radius 2 is 1.90 bits per heavy atom. The molecule has 0 radical (unpaired) electrons. The number of nitrogens with one attached hydrogen (secondary N) is 1. The number of rotatable bonds is 4. The maximum absolute atomic E-state index is 4.44. The number of thiophene rings is 1. The monoisotopic (exact) mass is 344 g/mol. The summed E-state index contributed by atoms with van der Waals surface area (Å²) in [5.41, 5.74) is 3.38. The van der Waals surface area contributed by atoms with E-state index in [1.807, 2.05) is 24.3 Å². The van der Waals surface area contributed by atoms with Crippen LogP contribution in [0.1, 0.15) is 5.69 Å². The molecule has 0 spiro atoms. The molecule has 0 amide bonds. The van der Waals surface area contributed by atoms with E-state index in [-0.39, 0.29) is 0 Å². The summed E-state index contributed by atoms with van der Waals surface area (Å²) in [7, 11) is 0. The molecule has 1 aromatic carbocycles. The lowest BCUT2D eigenvalue weighted by molar-refractivity contribution is 1.03. The Labute approximate surface area is 130 Å². The molecule has 1 N–H and O–H groups in total. The topological polar surface area (TPSA) is 24.9 Å². The van der Waals surface area contributed by atoms with Crippen LogP contribution >= 0.6 is 27.3 Å². The van der Waals surface area contributed by atoms with Gasteiger partial charge in [-0.3, -0.25) is 0 Å². The molecular weight excluding hydrogens is 332 g/mol. The van der Waals surface area contributed by atoms with Crippen molar-refractivity contribution < 1.29 is 0 Å². The van der Waals surface area contributed by atoms with Gasteiger partial charge in [0.05, 0.1) is 12.2 Å². The predicted molar refractivity (Wildman–Crippen MR) is 89.0 cm³/mol. The van der Waals surface area contributed by atoms with Crippen LogP contribution in [0.25, 0.3) is 10.4 Å². The van der Waals surface area contributed by atoms with Crippen molar-refractivity contribution in [1.82, 2.24) is 4.98 Å². The van der Waals surface area contributed by atoms with Gasteiger partial charge in [-0.1, -0.05) is 30.3 Å². The number of para-hydroxylation sites is 1. The lowest BCUT2D eigenvalue weighted by atomic mass is 10.1. The molecule has 0 bridgehead atoms. The molecule has 0 fully saturated rings. The van der Waals surface area contributed by atoms with Crippen LogP contribution in [-0.2, 0) is 6.54 Å². The number of hydrogen-bond acceptors (Lipinski definition) is 3. The summed E-state index contributed by atoms with van der Waals surface area (Å²) in [5, 5.41) is 5.57. The molecule has 0 saturated carbocycles. The summed E-state index contributed by atoms with van der Waals surface area (Å²) >= 11 is 5.15. The normalized spacial score (nSPS) is 10.4. The molecule has 0 unspecified atom stereocenters. The Bertz CT molecular complexity index is 695. The highest BCUT2D eigenvalue weighted by atomic mass is 79.9. The van der Waals surface area contributed by atoms with Gasteiger partial charge in [-0.2, -0.15) is 0 Å². The number of halogens is 1. The summed E-state index contributed by atoms with van der Waals surface area (Å²) in [6.07, 6.45) is 0. The van der Waals surface area contributed by atoms with Crippen molar-refractivity contribution in [3.63, 3.8) is 0 Å². The molecule has 0 saturated heterocycles. The molecule has 3 rings (SSSR count). The van der Waals surface area contributed by atoms with Gasteiger partial charge in [-0.05, 0) is 45.6 Å². The second-order valence-electron chi connectivity index (χ2n) is 4.33. The SMILES string of the molecule is Brc1cccc(CNc2ccccc2-c2cccs2)n1. The number of aromatic nitrogens is 1. The van der Waals surface area contributed by atoms with Gasteiger partial charge in [0.15, 0.2) is 0 Å². The predicted octanol–water partition coefficient (Wildman–Crippen LogP) is 5.18. The van der Waals surface area contributed by atoms with Crippen molar-refractivity contribution in [3.8, 4) is 10.4 Å². The Kier molecular flexibility index (Phi) is 4.14.